The Hall–Kier alpha value is -2.89. The number of anilines is 1. The predicted octanol–water partition coefficient (Wildman–Crippen LogP) is 2.23. The van der Waals surface area contributed by atoms with Crippen LogP contribution in [0.4, 0.5) is 5.69 Å². The molecule has 0 bridgehead atoms. The summed E-state index contributed by atoms with van der Waals surface area (Å²) in [5, 5.41) is 11.2. The Morgan fingerprint density at radius 2 is 2.14 bits per heavy atom. The van der Waals surface area contributed by atoms with Crippen molar-refractivity contribution in [1.29, 1.82) is 0 Å². The number of benzene rings is 1. The molecule has 22 heavy (non-hydrogen) atoms. The van der Waals surface area contributed by atoms with E-state index in [2.05, 4.69) is 15.5 Å². The number of nitrogens with one attached hydrogen (secondary N) is 1. The Bertz CT molecular complexity index is 789. The molecule has 1 N–H and O–H groups in total. The van der Waals surface area contributed by atoms with Gasteiger partial charge in [0.15, 0.2) is 0 Å². The molecule has 0 radical (unpaired) electrons. The van der Waals surface area contributed by atoms with Crippen LogP contribution in [0.1, 0.15) is 21.6 Å². The summed E-state index contributed by atoms with van der Waals surface area (Å²) in [6.45, 7) is 2.55. The molecule has 0 aliphatic heterocycles. The average molecular weight is 295 g/mol. The largest absolute Gasteiger partial charge is 0.319 e. The average Bonchev–Trinajstić information content (AvgIpc) is 3.13. The van der Waals surface area contributed by atoms with Crippen molar-refractivity contribution in [2.45, 2.75) is 13.5 Å². The van der Waals surface area contributed by atoms with Gasteiger partial charge in [0.1, 0.15) is 0 Å². The predicted molar refractivity (Wildman–Crippen MR) is 83.7 cm³/mol. The lowest BCUT2D eigenvalue weighted by atomic mass is 10.1. The molecule has 1 amide bonds. The number of carbonyl (C=O) groups excluding carboxylic acids is 1. The van der Waals surface area contributed by atoms with Crippen molar-refractivity contribution in [3.8, 4) is 0 Å². The maximum absolute atomic E-state index is 12.4. The number of hydrogen-bond acceptors (Lipinski definition) is 3. The van der Waals surface area contributed by atoms with Crippen LogP contribution in [0.3, 0.4) is 0 Å². The quantitative estimate of drug-likeness (QED) is 0.802. The molecule has 0 aliphatic carbocycles. The Labute approximate surface area is 128 Å². The molecule has 112 valence electrons. The monoisotopic (exact) mass is 295 g/mol. The molecule has 2 heterocycles. The van der Waals surface area contributed by atoms with E-state index in [0.717, 1.165) is 16.9 Å². The lowest BCUT2D eigenvalue weighted by molar-refractivity contribution is 0.102. The molecule has 0 atom stereocenters. The van der Waals surface area contributed by atoms with Crippen LogP contribution in [0.2, 0.25) is 0 Å². The number of amides is 1. The molecule has 0 unspecified atom stereocenters. The molecule has 2 aromatic heterocycles. The van der Waals surface area contributed by atoms with E-state index < -0.39 is 0 Å². The maximum atomic E-state index is 12.4. The van der Waals surface area contributed by atoms with Crippen molar-refractivity contribution in [3.63, 3.8) is 0 Å². The first-order chi connectivity index (χ1) is 10.6. The summed E-state index contributed by atoms with van der Waals surface area (Å²) >= 11 is 0. The van der Waals surface area contributed by atoms with Crippen LogP contribution in [0.15, 0.2) is 48.9 Å². The van der Waals surface area contributed by atoms with Gasteiger partial charge in [-0.1, -0.05) is 12.1 Å². The normalized spacial score (nSPS) is 10.6. The summed E-state index contributed by atoms with van der Waals surface area (Å²) in [6.07, 6.45) is 5.29. The first kappa shape index (κ1) is 14.1. The van der Waals surface area contributed by atoms with Gasteiger partial charge in [0.25, 0.3) is 5.91 Å². The smallest absolute Gasteiger partial charge is 0.255 e. The molecule has 0 spiro atoms. The van der Waals surface area contributed by atoms with Crippen LogP contribution >= 0.6 is 0 Å². The van der Waals surface area contributed by atoms with E-state index in [1.807, 2.05) is 49.1 Å². The highest BCUT2D eigenvalue weighted by Gasteiger charge is 2.10. The SMILES string of the molecule is Cc1c(NC(=O)c2cccc(Cn3cccn3)c2)cnn1C. The first-order valence-corrected chi connectivity index (χ1v) is 7.00. The zero-order valence-electron chi connectivity index (χ0n) is 12.5. The fourth-order valence-electron chi connectivity index (χ4n) is 2.21. The molecule has 0 aliphatic rings. The molecule has 0 fully saturated rings. The highest BCUT2D eigenvalue weighted by Crippen LogP contribution is 2.14. The topological polar surface area (TPSA) is 64.7 Å². The van der Waals surface area contributed by atoms with Gasteiger partial charge < -0.3 is 5.32 Å². The second kappa shape index (κ2) is 5.85. The first-order valence-electron chi connectivity index (χ1n) is 7.00. The van der Waals surface area contributed by atoms with Gasteiger partial charge in [-0.2, -0.15) is 10.2 Å². The number of aromatic nitrogens is 4. The third-order valence-corrected chi connectivity index (χ3v) is 3.58. The van der Waals surface area contributed by atoms with Crippen molar-refractivity contribution in [2.24, 2.45) is 7.05 Å². The van der Waals surface area contributed by atoms with Gasteiger partial charge in [0, 0.05) is 25.0 Å². The van der Waals surface area contributed by atoms with E-state index in [1.165, 1.54) is 0 Å². The van der Waals surface area contributed by atoms with Crippen LogP contribution in [-0.4, -0.2) is 25.5 Å². The maximum Gasteiger partial charge on any atom is 0.255 e. The molecular weight excluding hydrogens is 278 g/mol. The van der Waals surface area contributed by atoms with E-state index >= 15 is 0 Å². The van der Waals surface area contributed by atoms with Crippen LogP contribution in [0, 0.1) is 6.92 Å². The van der Waals surface area contributed by atoms with Crippen molar-refractivity contribution in [2.75, 3.05) is 5.32 Å². The van der Waals surface area contributed by atoms with Crippen LogP contribution in [-0.2, 0) is 13.6 Å². The second-order valence-electron chi connectivity index (χ2n) is 5.13. The molecule has 0 saturated carbocycles. The van der Waals surface area contributed by atoms with E-state index in [4.69, 9.17) is 0 Å². The molecule has 3 aromatic rings. The van der Waals surface area contributed by atoms with Crippen molar-refractivity contribution >= 4 is 11.6 Å². The molecule has 6 nitrogen and oxygen atoms in total. The van der Waals surface area contributed by atoms with Crippen LogP contribution in [0.25, 0.3) is 0 Å². The zero-order valence-corrected chi connectivity index (χ0v) is 12.5. The van der Waals surface area contributed by atoms with Gasteiger partial charge in [0.05, 0.1) is 24.1 Å². The van der Waals surface area contributed by atoms with Gasteiger partial charge in [-0.25, -0.2) is 0 Å². The zero-order chi connectivity index (χ0) is 15.5. The van der Waals surface area contributed by atoms with E-state index in [9.17, 15) is 4.79 Å². The van der Waals surface area contributed by atoms with E-state index in [1.54, 1.807) is 23.1 Å². The summed E-state index contributed by atoms with van der Waals surface area (Å²) in [5.74, 6) is -0.140. The summed E-state index contributed by atoms with van der Waals surface area (Å²) in [5.41, 5.74) is 3.29. The number of aryl methyl sites for hydroxylation is 1. The molecular formula is C16H17N5O. The number of hydrogen-bond donors (Lipinski definition) is 1. The van der Waals surface area contributed by atoms with Crippen molar-refractivity contribution in [3.05, 3.63) is 65.7 Å². The summed E-state index contributed by atoms with van der Waals surface area (Å²) in [6, 6.07) is 9.41. The van der Waals surface area contributed by atoms with E-state index in [-0.39, 0.29) is 5.91 Å². The van der Waals surface area contributed by atoms with Gasteiger partial charge in [0.2, 0.25) is 0 Å². The van der Waals surface area contributed by atoms with E-state index in [0.29, 0.717) is 12.1 Å². The highest BCUT2D eigenvalue weighted by molar-refractivity contribution is 6.04. The minimum absolute atomic E-state index is 0.140. The van der Waals surface area contributed by atoms with Crippen LogP contribution in [0.5, 0.6) is 0 Å². The fourth-order valence-corrected chi connectivity index (χ4v) is 2.21. The Kier molecular flexibility index (Phi) is 3.74. The minimum Gasteiger partial charge on any atom is -0.319 e. The summed E-state index contributed by atoms with van der Waals surface area (Å²) < 4.78 is 3.55. The highest BCUT2D eigenvalue weighted by atomic mass is 16.1. The third kappa shape index (κ3) is 2.90. The summed E-state index contributed by atoms with van der Waals surface area (Å²) in [7, 11) is 1.84. The molecule has 0 saturated heterocycles. The standard InChI is InChI=1S/C16H17N5O/c1-12-15(10-18-20(12)2)19-16(22)14-6-3-5-13(9-14)11-21-8-4-7-17-21/h3-10H,11H2,1-2H3,(H,19,22). The Balaban J connectivity index is 1.76. The van der Waals surface area contributed by atoms with Crippen molar-refractivity contribution < 1.29 is 4.79 Å². The van der Waals surface area contributed by atoms with Gasteiger partial charge >= 0.3 is 0 Å². The fraction of sp³-hybridized carbons (Fsp3) is 0.188. The van der Waals surface area contributed by atoms with Gasteiger partial charge in [-0.15, -0.1) is 0 Å². The summed E-state index contributed by atoms with van der Waals surface area (Å²) in [4.78, 5) is 12.4. The number of carbonyl (C=O) groups is 1. The number of rotatable bonds is 4. The lowest BCUT2D eigenvalue weighted by Gasteiger charge is -2.07. The van der Waals surface area contributed by atoms with Gasteiger partial charge in [-0.05, 0) is 30.7 Å². The molecule has 3 rings (SSSR count). The van der Waals surface area contributed by atoms with Crippen LogP contribution < -0.4 is 5.32 Å². The third-order valence-electron chi connectivity index (χ3n) is 3.58. The number of nitrogens with zero attached hydrogens (tertiary/aromatic N) is 4. The van der Waals surface area contributed by atoms with Gasteiger partial charge in [-0.3, -0.25) is 14.2 Å². The lowest BCUT2D eigenvalue weighted by Crippen LogP contribution is -2.13. The minimum atomic E-state index is -0.140. The Morgan fingerprint density at radius 3 is 2.82 bits per heavy atom. The molecule has 1 aromatic carbocycles. The second-order valence-corrected chi connectivity index (χ2v) is 5.13. The molecule has 6 heteroatoms. The Morgan fingerprint density at radius 1 is 1.27 bits per heavy atom. The van der Waals surface area contributed by atoms with Crippen molar-refractivity contribution in [1.82, 2.24) is 19.6 Å².